The zero-order valence-electron chi connectivity index (χ0n) is 6.95. The van der Waals surface area contributed by atoms with Gasteiger partial charge in [-0.3, -0.25) is 0 Å². The number of benzene rings is 1. The van der Waals surface area contributed by atoms with E-state index in [0.717, 1.165) is 5.56 Å². The number of hydrogen-bond donors (Lipinski definition) is 0. The SMILES string of the molecule is Cc1ccc(CC(F)(F)F)c(Cl)c1. The van der Waals surface area contributed by atoms with Crippen molar-refractivity contribution in [2.75, 3.05) is 0 Å². The van der Waals surface area contributed by atoms with E-state index in [9.17, 15) is 13.2 Å². The van der Waals surface area contributed by atoms with Gasteiger partial charge in [-0.15, -0.1) is 0 Å². The summed E-state index contributed by atoms with van der Waals surface area (Å²) in [5.41, 5.74) is 0.982. The molecule has 0 aliphatic rings. The second-order valence-corrected chi connectivity index (χ2v) is 3.29. The fraction of sp³-hybridized carbons (Fsp3) is 0.333. The maximum atomic E-state index is 12.0. The van der Waals surface area contributed by atoms with Gasteiger partial charge in [-0.25, -0.2) is 0 Å². The normalized spacial score (nSPS) is 11.8. The van der Waals surface area contributed by atoms with Crippen molar-refractivity contribution in [1.82, 2.24) is 0 Å². The second kappa shape index (κ2) is 3.58. The van der Waals surface area contributed by atoms with E-state index < -0.39 is 12.6 Å². The molecule has 0 bridgehead atoms. The van der Waals surface area contributed by atoms with E-state index in [1.807, 2.05) is 0 Å². The third-order valence-corrected chi connectivity index (χ3v) is 1.95. The van der Waals surface area contributed by atoms with Crippen molar-refractivity contribution in [3.05, 3.63) is 34.3 Å². The summed E-state index contributed by atoms with van der Waals surface area (Å²) in [6.07, 6.45) is -5.16. The van der Waals surface area contributed by atoms with Crippen LogP contribution >= 0.6 is 11.6 Å². The molecule has 72 valence electrons. The van der Waals surface area contributed by atoms with Gasteiger partial charge < -0.3 is 0 Å². The van der Waals surface area contributed by atoms with Crippen LogP contribution in [0.15, 0.2) is 18.2 Å². The first kappa shape index (κ1) is 10.4. The predicted octanol–water partition coefficient (Wildman–Crippen LogP) is 3.75. The molecular weight excluding hydrogens is 201 g/mol. The third kappa shape index (κ3) is 3.27. The van der Waals surface area contributed by atoms with Gasteiger partial charge in [-0.05, 0) is 24.1 Å². The molecule has 0 heterocycles. The Kier molecular flexibility index (Phi) is 2.86. The average molecular weight is 209 g/mol. The molecule has 0 N–H and O–H groups in total. The molecule has 0 aromatic heterocycles. The molecule has 0 radical (unpaired) electrons. The van der Waals surface area contributed by atoms with Gasteiger partial charge in [0.25, 0.3) is 0 Å². The standard InChI is InChI=1S/C9H8ClF3/c1-6-2-3-7(8(10)4-6)5-9(11,12)13/h2-4H,5H2,1H3. The van der Waals surface area contributed by atoms with E-state index in [2.05, 4.69) is 0 Å². The van der Waals surface area contributed by atoms with E-state index in [4.69, 9.17) is 11.6 Å². The number of alkyl halides is 3. The lowest BCUT2D eigenvalue weighted by Crippen LogP contribution is -2.11. The summed E-state index contributed by atoms with van der Waals surface area (Å²) in [5, 5.41) is 0.178. The molecular formula is C9H8ClF3. The summed E-state index contributed by atoms with van der Waals surface area (Å²) in [7, 11) is 0. The number of hydrogen-bond acceptors (Lipinski definition) is 0. The van der Waals surface area contributed by atoms with Crippen molar-refractivity contribution in [3.8, 4) is 0 Å². The quantitative estimate of drug-likeness (QED) is 0.659. The maximum Gasteiger partial charge on any atom is 0.393 e. The highest BCUT2D eigenvalue weighted by molar-refractivity contribution is 6.31. The van der Waals surface area contributed by atoms with Gasteiger partial charge in [0.1, 0.15) is 0 Å². The summed E-state index contributed by atoms with van der Waals surface area (Å²) in [5.74, 6) is 0. The van der Waals surface area contributed by atoms with Gasteiger partial charge in [0, 0.05) is 5.02 Å². The summed E-state index contributed by atoms with van der Waals surface area (Å²) in [4.78, 5) is 0. The van der Waals surface area contributed by atoms with E-state index >= 15 is 0 Å². The molecule has 0 aliphatic carbocycles. The molecule has 1 aromatic carbocycles. The third-order valence-electron chi connectivity index (χ3n) is 1.60. The van der Waals surface area contributed by atoms with Gasteiger partial charge in [0.05, 0.1) is 6.42 Å². The Morgan fingerprint density at radius 3 is 2.38 bits per heavy atom. The van der Waals surface area contributed by atoms with E-state index in [1.54, 1.807) is 13.0 Å². The molecule has 0 spiro atoms. The van der Waals surface area contributed by atoms with Crippen LogP contribution < -0.4 is 0 Å². The minimum Gasteiger partial charge on any atom is -0.171 e. The van der Waals surface area contributed by atoms with Gasteiger partial charge in [-0.1, -0.05) is 23.7 Å². The molecule has 1 rings (SSSR count). The predicted molar refractivity (Wildman–Crippen MR) is 45.9 cm³/mol. The van der Waals surface area contributed by atoms with Gasteiger partial charge in [0.15, 0.2) is 0 Å². The molecule has 0 nitrogen and oxygen atoms in total. The van der Waals surface area contributed by atoms with Crippen LogP contribution in [0.25, 0.3) is 0 Å². The lowest BCUT2D eigenvalue weighted by molar-refractivity contribution is -0.127. The Labute approximate surface area is 79.3 Å². The van der Waals surface area contributed by atoms with Gasteiger partial charge in [0.2, 0.25) is 0 Å². The topological polar surface area (TPSA) is 0 Å². The van der Waals surface area contributed by atoms with E-state index in [-0.39, 0.29) is 10.6 Å². The second-order valence-electron chi connectivity index (χ2n) is 2.89. The largest absolute Gasteiger partial charge is 0.393 e. The maximum absolute atomic E-state index is 12.0. The van der Waals surface area contributed by atoms with Crippen LogP contribution in [0.2, 0.25) is 5.02 Å². The Balaban J connectivity index is 2.90. The van der Waals surface area contributed by atoms with Crippen LogP contribution in [0, 0.1) is 6.92 Å². The highest BCUT2D eigenvalue weighted by Gasteiger charge is 2.28. The molecule has 4 heteroatoms. The van der Waals surface area contributed by atoms with Crippen LogP contribution in [0.5, 0.6) is 0 Å². The van der Waals surface area contributed by atoms with Gasteiger partial charge >= 0.3 is 6.18 Å². The van der Waals surface area contributed by atoms with Crippen LogP contribution in [0.1, 0.15) is 11.1 Å². The zero-order valence-corrected chi connectivity index (χ0v) is 7.71. The first-order valence-corrected chi connectivity index (χ1v) is 4.08. The van der Waals surface area contributed by atoms with Crippen molar-refractivity contribution in [2.24, 2.45) is 0 Å². The Morgan fingerprint density at radius 2 is 1.92 bits per heavy atom. The lowest BCUT2D eigenvalue weighted by Gasteiger charge is -2.08. The fourth-order valence-electron chi connectivity index (χ4n) is 1.01. The summed E-state index contributed by atoms with van der Waals surface area (Å²) in [6, 6.07) is 4.56. The first-order chi connectivity index (χ1) is 5.88. The van der Waals surface area contributed by atoms with Crippen molar-refractivity contribution >= 4 is 11.6 Å². The highest BCUT2D eigenvalue weighted by atomic mass is 35.5. The van der Waals surface area contributed by atoms with Crippen molar-refractivity contribution in [2.45, 2.75) is 19.5 Å². The minimum absolute atomic E-state index is 0.125. The molecule has 13 heavy (non-hydrogen) atoms. The van der Waals surface area contributed by atoms with Crippen molar-refractivity contribution in [3.63, 3.8) is 0 Å². The van der Waals surface area contributed by atoms with Crippen molar-refractivity contribution in [1.29, 1.82) is 0 Å². The number of rotatable bonds is 1. The fourth-order valence-corrected chi connectivity index (χ4v) is 1.31. The van der Waals surface area contributed by atoms with E-state index in [0.29, 0.717) is 0 Å². The molecule has 0 amide bonds. The summed E-state index contributed by atoms with van der Waals surface area (Å²) in [6.45, 7) is 1.78. The highest BCUT2D eigenvalue weighted by Crippen LogP contribution is 2.26. The number of halogens is 4. The summed E-state index contributed by atoms with van der Waals surface area (Å²) < 4.78 is 35.9. The van der Waals surface area contributed by atoms with Crippen LogP contribution in [0.4, 0.5) is 13.2 Å². The molecule has 0 atom stereocenters. The molecule has 1 aromatic rings. The summed E-state index contributed by atoms with van der Waals surface area (Å²) >= 11 is 5.64. The number of aryl methyl sites for hydroxylation is 1. The smallest absolute Gasteiger partial charge is 0.171 e. The van der Waals surface area contributed by atoms with Crippen molar-refractivity contribution < 1.29 is 13.2 Å². The van der Waals surface area contributed by atoms with Crippen LogP contribution in [-0.4, -0.2) is 6.18 Å². The Bertz CT molecular complexity index is 304. The first-order valence-electron chi connectivity index (χ1n) is 3.70. The lowest BCUT2D eigenvalue weighted by atomic mass is 10.1. The Hall–Kier alpha value is -0.700. The molecule has 0 fully saturated rings. The minimum atomic E-state index is -4.20. The molecule has 0 unspecified atom stereocenters. The van der Waals surface area contributed by atoms with E-state index in [1.165, 1.54) is 12.1 Å². The zero-order chi connectivity index (χ0) is 10.1. The molecule has 0 saturated heterocycles. The van der Waals surface area contributed by atoms with Gasteiger partial charge in [-0.2, -0.15) is 13.2 Å². The van der Waals surface area contributed by atoms with Crippen LogP contribution in [0.3, 0.4) is 0 Å². The molecule has 0 saturated carbocycles. The van der Waals surface area contributed by atoms with Crippen LogP contribution in [-0.2, 0) is 6.42 Å². The monoisotopic (exact) mass is 208 g/mol. The Morgan fingerprint density at radius 1 is 1.31 bits per heavy atom. The average Bonchev–Trinajstić information content (AvgIpc) is 1.93. The molecule has 0 aliphatic heterocycles.